The number of carbonyl (C=O) groups excluding carboxylic acids is 2. The minimum atomic E-state index is -1.39. The van der Waals surface area contributed by atoms with E-state index in [9.17, 15) is 14.7 Å². The molecule has 126 valence electrons. The molecule has 0 saturated carbocycles. The Bertz CT molecular complexity index is 989. The molecule has 0 bridgehead atoms. The molecule has 1 aliphatic rings. The molecule has 1 aliphatic heterocycles. The number of H-pyrrole nitrogens is 1. The fourth-order valence-corrected chi connectivity index (χ4v) is 3.47. The Kier molecular flexibility index (Phi) is 5.95. The molecule has 0 radical (unpaired) electrons. The Morgan fingerprint density at radius 3 is 2.69 bits per heavy atom. The summed E-state index contributed by atoms with van der Waals surface area (Å²) in [5.41, 5.74) is 1.97. The van der Waals surface area contributed by atoms with E-state index >= 15 is 0 Å². The summed E-state index contributed by atoms with van der Waals surface area (Å²) >= 11 is 3.39. The number of amides is 1. The number of carbonyl (C=O) groups is 2. The molecule has 1 N–H and O–H groups in total. The average Bonchev–Trinajstić information content (AvgIpc) is 3.18. The van der Waals surface area contributed by atoms with Crippen molar-refractivity contribution in [3.05, 3.63) is 52.5 Å². The van der Waals surface area contributed by atoms with Crippen LogP contribution in [0.1, 0.15) is 28.4 Å². The summed E-state index contributed by atoms with van der Waals surface area (Å²) in [7, 11) is 0. The summed E-state index contributed by atoms with van der Waals surface area (Å²) in [5, 5.41) is 11.2. The zero-order valence-corrected chi connectivity index (χ0v) is 18.6. The van der Waals surface area contributed by atoms with E-state index in [1.165, 1.54) is 0 Å². The van der Waals surface area contributed by atoms with E-state index in [0.29, 0.717) is 24.2 Å². The van der Waals surface area contributed by atoms with E-state index in [4.69, 9.17) is 0 Å². The van der Waals surface area contributed by atoms with Gasteiger partial charge < -0.3 is 19.8 Å². The minimum Gasteiger partial charge on any atom is -0.543 e. The molecule has 1 fully saturated rings. The molecule has 1 atom stereocenters. The van der Waals surface area contributed by atoms with Crippen molar-refractivity contribution in [1.29, 1.82) is 0 Å². The summed E-state index contributed by atoms with van der Waals surface area (Å²) in [5.74, 6) is -1.64. The van der Waals surface area contributed by atoms with Crippen molar-refractivity contribution in [2.75, 3.05) is 11.4 Å². The number of carboxylic acids is 1. The predicted octanol–water partition coefficient (Wildman–Crippen LogP) is -1.39. The molecule has 9 heteroatoms. The van der Waals surface area contributed by atoms with Crippen molar-refractivity contribution < 1.29 is 66.1 Å². The average molecular weight is 439 g/mol. The zero-order chi connectivity index (χ0) is 17.6. The molecular weight excluding hydrogens is 427 g/mol. The molecule has 3 aromatic rings. The maximum absolute atomic E-state index is 12.9. The first-order valence-electron chi connectivity index (χ1n) is 7.66. The van der Waals surface area contributed by atoms with Gasteiger partial charge in [-0.1, -0.05) is 28.1 Å². The van der Waals surface area contributed by atoms with Gasteiger partial charge in [0.2, 0.25) is 5.91 Å². The Morgan fingerprint density at radius 2 is 2.00 bits per heavy atom. The standard InChI is InChI=1S/C17H13BrN4O3.K/c18-10-3-1-9(2-4-10)11-5-6-22(16(11)23)12-7-19-14-13(12)20-8-21-15(14)17(24)25;/h1-4,7-8,11,19H,5-6H2,(H,24,25);/q;+1/p-1. The molecule has 0 aliphatic carbocycles. The molecule has 2 aromatic heterocycles. The van der Waals surface area contributed by atoms with Gasteiger partial charge in [-0.2, -0.15) is 0 Å². The van der Waals surface area contributed by atoms with Crippen LogP contribution in [-0.4, -0.2) is 33.4 Å². The van der Waals surface area contributed by atoms with Crippen molar-refractivity contribution in [1.82, 2.24) is 15.0 Å². The zero-order valence-electron chi connectivity index (χ0n) is 13.9. The quantitative estimate of drug-likeness (QED) is 0.507. The van der Waals surface area contributed by atoms with Crippen LogP contribution >= 0.6 is 15.9 Å². The normalized spacial score (nSPS) is 16.7. The number of hydrogen-bond acceptors (Lipinski definition) is 5. The molecule has 1 amide bonds. The number of halogens is 1. The van der Waals surface area contributed by atoms with Gasteiger partial charge in [0.25, 0.3) is 0 Å². The molecule has 0 spiro atoms. The number of aromatic amines is 1. The third-order valence-electron chi connectivity index (χ3n) is 4.41. The van der Waals surface area contributed by atoms with E-state index in [1.807, 2.05) is 24.3 Å². The molecule has 1 aromatic carbocycles. The number of rotatable bonds is 3. The van der Waals surface area contributed by atoms with E-state index in [1.54, 1.807) is 11.1 Å². The number of hydrogen-bond donors (Lipinski definition) is 1. The third kappa shape index (κ3) is 3.39. The van der Waals surface area contributed by atoms with Gasteiger partial charge in [0, 0.05) is 17.2 Å². The van der Waals surface area contributed by atoms with Crippen LogP contribution in [0.3, 0.4) is 0 Å². The van der Waals surface area contributed by atoms with Crippen LogP contribution in [0, 0.1) is 0 Å². The number of fused-ring (bicyclic) bond motifs is 1. The maximum atomic E-state index is 12.9. The number of nitrogens with one attached hydrogen (secondary N) is 1. The monoisotopic (exact) mass is 438 g/mol. The molecule has 4 rings (SSSR count). The van der Waals surface area contributed by atoms with Crippen molar-refractivity contribution in [2.45, 2.75) is 12.3 Å². The summed E-state index contributed by atoms with van der Waals surface area (Å²) in [6, 6.07) is 7.69. The van der Waals surface area contributed by atoms with Gasteiger partial charge in [0.1, 0.15) is 17.5 Å². The SMILES string of the molecule is O=C([O-])c1ncnc2c(N3CCC(c4ccc(Br)cc4)C3=O)c[nH]c12.[K+]. The molecule has 1 saturated heterocycles. The van der Waals surface area contributed by atoms with Crippen LogP contribution in [-0.2, 0) is 4.79 Å². The van der Waals surface area contributed by atoms with Crippen molar-refractivity contribution in [3.63, 3.8) is 0 Å². The maximum Gasteiger partial charge on any atom is 1.00 e. The Morgan fingerprint density at radius 1 is 1.27 bits per heavy atom. The second-order valence-electron chi connectivity index (χ2n) is 5.79. The van der Waals surface area contributed by atoms with Crippen LogP contribution in [0.25, 0.3) is 11.0 Å². The van der Waals surface area contributed by atoms with Crippen LogP contribution < -0.4 is 61.4 Å². The van der Waals surface area contributed by atoms with Gasteiger partial charge in [-0.3, -0.25) is 4.79 Å². The first-order chi connectivity index (χ1) is 12.1. The third-order valence-corrected chi connectivity index (χ3v) is 4.93. The van der Waals surface area contributed by atoms with Gasteiger partial charge in [-0.15, -0.1) is 0 Å². The van der Waals surface area contributed by atoms with Gasteiger partial charge in [0.05, 0.1) is 23.1 Å². The van der Waals surface area contributed by atoms with Gasteiger partial charge in [0.15, 0.2) is 0 Å². The number of anilines is 1. The second-order valence-corrected chi connectivity index (χ2v) is 6.71. The second kappa shape index (κ2) is 7.87. The van der Waals surface area contributed by atoms with Crippen molar-refractivity contribution in [3.8, 4) is 0 Å². The first kappa shape index (κ1) is 19.7. The Hall–Kier alpha value is -1.10. The topological polar surface area (TPSA) is 102 Å². The number of benzene rings is 1. The summed E-state index contributed by atoms with van der Waals surface area (Å²) < 4.78 is 0.960. The molecular formula is C17H12BrKN4O3. The van der Waals surface area contributed by atoms with Crippen LogP contribution in [0.5, 0.6) is 0 Å². The first-order valence-corrected chi connectivity index (χ1v) is 8.46. The number of carboxylic acid groups (broad SMARTS) is 1. The predicted molar refractivity (Wildman–Crippen MR) is 92.1 cm³/mol. The number of nitrogens with zero attached hydrogens (tertiary/aromatic N) is 3. The fourth-order valence-electron chi connectivity index (χ4n) is 3.21. The van der Waals surface area contributed by atoms with Crippen LogP contribution in [0.15, 0.2) is 41.3 Å². The van der Waals surface area contributed by atoms with Gasteiger partial charge in [-0.25, -0.2) is 9.97 Å². The molecule has 1 unspecified atom stereocenters. The van der Waals surface area contributed by atoms with E-state index < -0.39 is 5.97 Å². The molecule has 26 heavy (non-hydrogen) atoms. The van der Waals surface area contributed by atoms with E-state index in [2.05, 4.69) is 30.9 Å². The van der Waals surface area contributed by atoms with E-state index in [-0.39, 0.29) is 74.4 Å². The minimum absolute atomic E-state index is 0. The number of aromatic carboxylic acids is 1. The molecule has 7 nitrogen and oxygen atoms in total. The number of aromatic nitrogens is 3. The smallest absolute Gasteiger partial charge is 0.543 e. The van der Waals surface area contributed by atoms with Gasteiger partial charge >= 0.3 is 51.4 Å². The fraction of sp³-hybridized carbons (Fsp3) is 0.176. The van der Waals surface area contributed by atoms with Crippen LogP contribution in [0.2, 0.25) is 0 Å². The van der Waals surface area contributed by atoms with Gasteiger partial charge in [-0.05, 0) is 24.1 Å². The Labute approximate surface area is 199 Å². The molecule has 3 heterocycles. The largest absolute Gasteiger partial charge is 1.00 e. The summed E-state index contributed by atoms with van der Waals surface area (Å²) in [6.45, 7) is 0.539. The van der Waals surface area contributed by atoms with Crippen LogP contribution in [0.4, 0.5) is 5.69 Å². The Balaban J connectivity index is 0.00000196. The van der Waals surface area contributed by atoms with E-state index in [0.717, 1.165) is 16.4 Å². The summed E-state index contributed by atoms with van der Waals surface area (Å²) in [6.07, 6.45) is 3.44. The van der Waals surface area contributed by atoms with Crippen molar-refractivity contribution in [2.24, 2.45) is 0 Å². The van der Waals surface area contributed by atoms with Crippen molar-refractivity contribution >= 4 is 44.5 Å². The summed E-state index contributed by atoms with van der Waals surface area (Å²) in [4.78, 5) is 36.4.